The molecule has 2 rings (SSSR count). The molecule has 0 fully saturated rings. The number of furan rings is 1. The number of thiophene rings is 1. The first-order valence-corrected chi connectivity index (χ1v) is 7.20. The molecule has 2 amide bonds. The zero-order valence-corrected chi connectivity index (χ0v) is 12.5. The van der Waals surface area contributed by atoms with E-state index in [2.05, 4.69) is 10.6 Å². The van der Waals surface area contributed by atoms with Gasteiger partial charge in [0.05, 0.1) is 22.7 Å². The van der Waals surface area contributed by atoms with E-state index in [1.807, 2.05) is 0 Å². The highest BCUT2D eigenvalue weighted by atomic mass is 32.1. The van der Waals surface area contributed by atoms with Gasteiger partial charge in [0, 0.05) is 6.04 Å². The van der Waals surface area contributed by atoms with Crippen LogP contribution < -0.4 is 10.6 Å². The minimum Gasteiger partial charge on any atom is -0.459 e. The van der Waals surface area contributed by atoms with Gasteiger partial charge in [-0.25, -0.2) is 0 Å². The quantitative estimate of drug-likeness (QED) is 0.788. The van der Waals surface area contributed by atoms with E-state index in [0.29, 0.717) is 9.88 Å². The van der Waals surface area contributed by atoms with Crippen molar-refractivity contribution in [3.05, 3.63) is 40.7 Å². The van der Waals surface area contributed by atoms with E-state index >= 15 is 0 Å². The van der Waals surface area contributed by atoms with Crippen LogP contribution in [0.25, 0.3) is 0 Å². The number of carbonyl (C=O) groups is 2. The van der Waals surface area contributed by atoms with Crippen molar-refractivity contribution in [3.8, 4) is 0 Å². The van der Waals surface area contributed by atoms with Gasteiger partial charge in [-0.2, -0.15) is 0 Å². The first kappa shape index (κ1) is 15.3. The summed E-state index contributed by atoms with van der Waals surface area (Å²) in [7, 11) is 0. The predicted octanol–water partition coefficient (Wildman–Crippen LogP) is 2.01. The van der Waals surface area contributed by atoms with Gasteiger partial charge in [0.1, 0.15) is 0 Å². The maximum atomic E-state index is 12.0. The minimum absolute atomic E-state index is 0.127. The number of anilines is 1. The Labute approximate surface area is 125 Å². The molecule has 2 heterocycles. The van der Waals surface area contributed by atoms with Crippen LogP contribution in [-0.2, 0) is 0 Å². The number of carbonyl (C=O) groups excluding carboxylic acids is 2. The van der Waals surface area contributed by atoms with Gasteiger partial charge in [0.15, 0.2) is 5.76 Å². The van der Waals surface area contributed by atoms with E-state index in [1.165, 1.54) is 17.6 Å². The molecule has 112 valence electrons. The van der Waals surface area contributed by atoms with Crippen molar-refractivity contribution in [2.24, 2.45) is 0 Å². The highest BCUT2D eigenvalue weighted by Gasteiger charge is 2.17. The molecule has 0 saturated carbocycles. The first-order chi connectivity index (χ1) is 10.0. The molecule has 0 aromatic carbocycles. The normalized spacial score (nSPS) is 12.0. The zero-order valence-electron chi connectivity index (χ0n) is 11.7. The Balaban J connectivity index is 2.08. The number of rotatable bonds is 5. The average molecular weight is 308 g/mol. The Hall–Kier alpha value is -2.12. The number of nitrogens with one attached hydrogen (secondary N) is 2. The molecule has 0 saturated heterocycles. The summed E-state index contributed by atoms with van der Waals surface area (Å²) in [5.41, 5.74) is 0.761. The van der Waals surface area contributed by atoms with Gasteiger partial charge in [-0.15, -0.1) is 11.3 Å². The van der Waals surface area contributed by atoms with Gasteiger partial charge in [0.25, 0.3) is 11.8 Å². The molecule has 6 nitrogen and oxygen atoms in total. The lowest BCUT2D eigenvalue weighted by atomic mass is 10.2. The van der Waals surface area contributed by atoms with Gasteiger partial charge in [-0.1, -0.05) is 0 Å². The largest absolute Gasteiger partial charge is 0.459 e. The van der Waals surface area contributed by atoms with Crippen LogP contribution in [0.2, 0.25) is 0 Å². The second-order valence-corrected chi connectivity index (χ2v) is 5.66. The fourth-order valence-electron chi connectivity index (χ4n) is 1.69. The van der Waals surface area contributed by atoms with E-state index in [9.17, 15) is 9.59 Å². The molecule has 0 radical (unpaired) electrons. The summed E-state index contributed by atoms with van der Waals surface area (Å²) >= 11 is 1.18. The van der Waals surface area contributed by atoms with Crippen LogP contribution >= 0.6 is 11.3 Å². The number of amides is 2. The third-order valence-corrected chi connectivity index (χ3v) is 3.91. The van der Waals surface area contributed by atoms with E-state index in [0.717, 1.165) is 5.56 Å². The van der Waals surface area contributed by atoms with Gasteiger partial charge in [-0.05, 0) is 37.6 Å². The Bertz CT molecular complexity index is 633. The van der Waals surface area contributed by atoms with E-state index in [1.54, 1.807) is 32.0 Å². The number of aliphatic hydroxyl groups excluding tert-OH is 1. The fourth-order valence-corrected chi connectivity index (χ4v) is 2.66. The molecule has 1 unspecified atom stereocenters. The van der Waals surface area contributed by atoms with Crippen molar-refractivity contribution in [3.63, 3.8) is 0 Å². The van der Waals surface area contributed by atoms with Crippen LogP contribution in [0.15, 0.2) is 28.9 Å². The SMILES string of the molecule is Cc1cc(NC(=O)c2ccco2)sc1C(=O)NC(C)CO. The predicted molar refractivity (Wildman–Crippen MR) is 79.7 cm³/mol. The number of hydrogen-bond donors (Lipinski definition) is 3. The van der Waals surface area contributed by atoms with E-state index in [-0.39, 0.29) is 30.2 Å². The maximum absolute atomic E-state index is 12.0. The Kier molecular flexibility index (Phi) is 4.77. The Morgan fingerprint density at radius 3 is 2.81 bits per heavy atom. The molecule has 21 heavy (non-hydrogen) atoms. The van der Waals surface area contributed by atoms with Crippen molar-refractivity contribution in [2.45, 2.75) is 19.9 Å². The standard InChI is InChI=1S/C14H16N2O4S/c1-8-6-11(16-13(18)10-4-3-5-20-10)21-12(8)14(19)15-9(2)7-17/h3-6,9,17H,7H2,1-2H3,(H,15,19)(H,16,18). The summed E-state index contributed by atoms with van der Waals surface area (Å²) in [5.74, 6) is -0.421. The Morgan fingerprint density at radius 2 is 2.19 bits per heavy atom. The Morgan fingerprint density at radius 1 is 1.43 bits per heavy atom. The second-order valence-electron chi connectivity index (χ2n) is 4.61. The van der Waals surface area contributed by atoms with Crippen molar-refractivity contribution < 1.29 is 19.1 Å². The lowest BCUT2D eigenvalue weighted by Gasteiger charge is -2.09. The molecule has 0 aliphatic rings. The number of aliphatic hydroxyl groups is 1. The van der Waals surface area contributed by atoms with Crippen LogP contribution in [-0.4, -0.2) is 29.6 Å². The molecule has 2 aromatic rings. The van der Waals surface area contributed by atoms with Crippen molar-refractivity contribution in [1.82, 2.24) is 5.32 Å². The molecule has 0 aliphatic heterocycles. The van der Waals surface area contributed by atoms with Crippen LogP contribution in [0, 0.1) is 6.92 Å². The summed E-state index contributed by atoms with van der Waals surface area (Å²) in [4.78, 5) is 24.4. The highest BCUT2D eigenvalue weighted by molar-refractivity contribution is 7.18. The van der Waals surface area contributed by atoms with Crippen molar-refractivity contribution >= 4 is 28.2 Å². The summed E-state index contributed by atoms with van der Waals surface area (Å²) in [6.07, 6.45) is 1.42. The van der Waals surface area contributed by atoms with Crippen LogP contribution in [0.3, 0.4) is 0 Å². The number of aryl methyl sites for hydroxylation is 1. The van der Waals surface area contributed by atoms with Crippen molar-refractivity contribution in [1.29, 1.82) is 0 Å². The maximum Gasteiger partial charge on any atom is 0.291 e. The topological polar surface area (TPSA) is 91.6 Å². The van der Waals surface area contributed by atoms with Crippen LogP contribution in [0.5, 0.6) is 0 Å². The molecular weight excluding hydrogens is 292 g/mol. The van der Waals surface area contributed by atoms with E-state index in [4.69, 9.17) is 9.52 Å². The first-order valence-electron chi connectivity index (χ1n) is 6.38. The molecule has 0 spiro atoms. The third-order valence-electron chi connectivity index (χ3n) is 2.76. The smallest absolute Gasteiger partial charge is 0.291 e. The summed E-state index contributed by atoms with van der Waals surface area (Å²) < 4.78 is 5.00. The molecule has 0 aliphatic carbocycles. The molecular formula is C14H16N2O4S. The molecule has 1 atom stereocenters. The molecule has 3 N–H and O–H groups in total. The zero-order chi connectivity index (χ0) is 15.4. The fraction of sp³-hybridized carbons (Fsp3) is 0.286. The van der Waals surface area contributed by atoms with Gasteiger partial charge < -0.3 is 20.2 Å². The van der Waals surface area contributed by atoms with Crippen LogP contribution in [0.1, 0.15) is 32.7 Å². The lowest BCUT2D eigenvalue weighted by molar-refractivity contribution is 0.0925. The monoisotopic (exact) mass is 308 g/mol. The molecule has 2 aromatic heterocycles. The van der Waals surface area contributed by atoms with Gasteiger partial charge in [0.2, 0.25) is 0 Å². The van der Waals surface area contributed by atoms with E-state index < -0.39 is 0 Å². The van der Waals surface area contributed by atoms with Crippen molar-refractivity contribution in [2.75, 3.05) is 11.9 Å². The molecule has 7 heteroatoms. The van der Waals surface area contributed by atoms with Crippen LogP contribution in [0.4, 0.5) is 5.00 Å². The third kappa shape index (κ3) is 3.71. The molecule has 0 bridgehead atoms. The summed E-state index contributed by atoms with van der Waals surface area (Å²) in [5, 5.41) is 14.9. The lowest BCUT2D eigenvalue weighted by Crippen LogP contribution is -2.34. The van der Waals surface area contributed by atoms with Gasteiger partial charge in [-0.3, -0.25) is 9.59 Å². The highest BCUT2D eigenvalue weighted by Crippen LogP contribution is 2.27. The average Bonchev–Trinajstić information content (AvgIpc) is 3.08. The second kappa shape index (κ2) is 6.55. The van der Waals surface area contributed by atoms with Gasteiger partial charge >= 0.3 is 0 Å². The summed E-state index contributed by atoms with van der Waals surface area (Å²) in [6, 6.07) is 4.60. The summed E-state index contributed by atoms with van der Waals surface area (Å²) in [6.45, 7) is 3.37. The minimum atomic E-state index is -0.364. The number of hydrogen-bond acceptors (Lipinski definition) is 5.